The van der Waals surface area contributed by atoms with Gasteiger partial charge in [0.15, 0.2) is 10.9 Å². The molecule has 1 amide bonds. The third kappa shape index (κ3) is 3.81. The third-order valence-electron chi connectivity index (χ3n) is 6.70. The van der Waals surface area contributed by atoms with Gasteiger partial charge in [0.05, 0.1) is 22.6 Å². The van der Waals surface area contributed by atoms with Gasteiger partial charge in [-0.15, -0.1) is 0 Å². The highest BCUT2D eigenvalue weighted by molar-refractivity contribution is 8.15. The largest absolute Gasteiger partial charge is 0.353 e. The van der Waals surface area contributed by atoms with E-state index in [0.29, 0.717) is 25.9 Å². The Balaban J connectivity index is 1.29. The normalized spacial score (nSPS) is 22.9. The monoisotopic (exact) mass is 492 g/mol. The van der Waals surface area contributed by atoms with Crippen LogP contribution in [0.2, 0.25) is 0 Å². The number of nitrogens with zero attached hydrogens (tertiary/aromatic N) is 5. The Morgan fingerprint density at radius 3 is 2.79 bits per heavy atom. The molecule has 11 nitrogen and oxygen atoms in total. The summed E-state index contributed by atoms with van der Waals surface area (Å²) in [6.45, 7) is 1.14. The number of aromatic nitrogens is 3. The molecule has 3 aliphatic rings. The standard InChI is InChI=1S/C20H24N6O5S2/c1-24(16(28)3-2-13-15(27)10-32-19(13)29)33(30,31)26-9-8-25(11-20(26)5-6-20)18-14-4-7-21-17(14)22-12-23-18/h4,7,12-13H,2-3,5-6,8-11H2,1H3,(H,21,22,23). The molecule has 1 aliphatic carbocycles. The number of carbonyl (C=O) groups is 3. The first-order chi connectivity index (χ1) is 15.7. The van der Waals surface area contributed by atoms with Crippen LogP contribution in [0.15, 0.2) is 18.6 Å². The SMILES string of the molecule is CN(C(=O)CCC1C(=O)CSC1=O)S(=O)(=O)N1CCN(c2ncnc3[nH]ccc23)CC12CC2. The first kappa shape index (κ1) is 22.3. The molecule has 13 heteroatoms. The van der Waals surface area contributed by atoms with E-state index in [9.17, 15) is 22.8 Å². The predicted octanol–water partition coefficient (Wildman–Crippen LogP) is 0.555. The summed E-state index contributed by atoms with van der Waals surface area (Å²) in [7, 11) is -2.79. The van der Waals surface area contributed by atoms with Crippen molar-refractivity contribution in [1.82, 2.24) is 23.6 Å². The predicted molar refractivity (Wildman–Crippen MR) is 122 cm³/mol. The maximum absolute atomic E-state index is 13.4. The lowest BCUT2D eigenvalue weighted by molar-refractivity contribution is -0.127. The summed E-state index contributed by atoms with van der Waals surface area (Å²) in [5, 5.41) is 0.638. The van der Waals surface area contributed by atoms with Crippen LogP contribution in [-0.2, 0) is 24.6 Å². The molecule has 2 aliphatic heterocycles. The number of thioether (sulfide) groups is 1. The van der Waals surface area contributed by atoms with Crippen LogP contribution in [0.3, 0.4) is 0 Å². The molecule has 1 unspecified atom stereocenters. The van der Waals surface area contributed by atoms with Gasteiger partial charge in [-0.3, -0.25) is 14.4 Å². The quantitative estimate of drug-likeness (QED) is 0.573. The van der Waals surface area contributed by atoms with Crippen molar-refractivity contribution in [3.63, 3.8) is 0 Å². The Kier molecular flexibility index (Phi) is 5.45. The van der Waals surface area contributed by atoms with Crippen molar-refractivity contribution in [1.29, 1.82) is 0 Å². The fraction of sp³-hybridized carbons (Fsp3) is 0.550. The molecule has 176 valence electrons. The van der Waals surface area contributed by atoms with E-state index in [1.54, 1.807) is 6.20 Å². The number of rotatable bonds is 6. The Hall–Kier alpha value is -2.51. The average Bonchev–Trinajstić information content (AvgIpc) is 3.23. The van der Waals surface area contributed by atoms with Gasteiger partial charge in [-0.2, -0.15) is 12.7 Å². The number of ketones is 1. The Labute approximate surface area is 195 Å². The highest BCUT2D eigenvalue weighted by Crippen LogP contribution is 2.47. The van der Waals surface area contributed by atoms with Crippen molar-refractivity contribution < 1.29 is 22.8 Å². The molecule has 2 aromatic rings. The van der Waals surface area contributed by atoms with Crippen molar-refractivity contribution in [2.75, 3.05) is 37.3 Å². The second kappa shape index (κ2) is 8.06. The van der Waals surface area contributed by atoms with E-state index in [1.807, 2.05) is 6.07 Å². The van der Waals surface area contributed by atoms with E-state index in [-0.39, 0.29) is 36.0 Å². The van der Waals surface area contributed by atoms with Crippen LogP contribution < -0.4 is 4.90 Å². The molecule has 33 heavy (non-hydrogen) atoms. The molecule has 1 saturated carbocycles. The van der Waals surface area contributed by atoms with Gasteiger partial charge in [0.1, 0.15) is 17.8 Å². The highest BCUT2D eigenvalue weighted by Gasteiger charge is 2.57. The zero-order valence-corrected chi connectivity index (χ0v) is 19.7. The van der Waals surface area contributed by atoms with Crippen LogP contribution >= 0.6 is 11.8 Å². The number of amides is 1. The highest BCUT2D eigenvalue weighted by atomic mass is 32.2. The molecule has 2 saturated heterocycles. The number of aromatic amines is 1. The Morgan fingerprint density at radius 1 is 1.30 bits per heavy atom. The molecule has 2 aromatic heterocycles. The molecular weight excluding hydrogens is 468 g/mol. The van der Waals surface area contributed by atoms with E-state index in [2.05, 4.69) is 19.9 Å². The summed E-state index contributed by atoms with van der Waals surface area (Å²) >= 11 is 0.954. The zero-order valence-electron chi connectivity index (χ0n) is 18.1. The number of anilines is 1. The first-order valence-corrected chi connectivity index (χ1v) is 13.1. The smallest absolute Gasteiger partial charge is 0.306 e. The number of hydrogen-bond donors (Lipinski definition) is 1. The summed E-state index contributed by atoms with van der Waals surface area (Å²) in [5.74, 6) is -0.738. The lowest BCUT2D eigenvalue weighted by Crippen LogP contribution is -2.60. The van der Waals surface area contributed by atoms with Gasteiger partial charge in [0, 0.05) is 39.3 Å². The Bertz CT molecular complexity index is 1220. The van der Waals surface area contributed by atoms with Gasteiger partial charge >= 0.3 is 10.2 Å². The molecule has 4 heterocycles. The van der Waals surface area contributed by atoms with Crippen molar-refractivity contribution in [3.05, 3.63) is 18.6 Å². The minimum Gasteiger partial charge on any atom is -0.353 e. The maximum atomic E-state index is 13.4. The number of hydrogen-bond acceptors (Lipinski definition) is 9. The molecule has 5 rings (SSSR count). The second-order valence-electron chi connectivity index (χ2n) is 8.69. The molecule has 0 radical (unpaired) electrons. The van der Waals surface area contributed by atoms with Gasteiger partial charge in [-0.1, -0.05) is 11.8 Å². The summed E-state index contributed by atoms with van der Waals surface area (Å²) in [6.07, 6.45) is 4.56. The van der Waals surface area contributed by atoms with Gasteiger partial charge < -0.3 is 9.88 Å². The fourth-order valence-corrected chi connectivity index (χ4v) is 7.24. The second-order valence-corrected chi connectivity index (χ2v) is 11.6. The van der Waals surface area contributed by atoms with E-state index < -0.39 is 27.6 Å². The average molecular weight is 493 g/mol. The van der Waals surface area contributed by atoms with Crippen LogP contribution in [0.5, 0.6) is 0 Å². The summed E-state index contributed by atoms with van der Waals surface area (Å²) in [6, 6.07) is 1.90. The van der Waals surface area contributed by atoms with Crippen molar-refractivity contribution in [2.45, 2.75) is 31.2 Å². The van der Waals surface area contributed by atoms with Crippen molar-refractivity contribution >= 4 is 55.6 Å². The number of piperazine rings is 1. The Morgan fingerprint density at radius 2 is 2.09 bits per heavy atom. The number of fused-ring (bicyclic) bond motifs is 1. The maximum Gasteiger partial charge on any atom is 0.306 e. The summed E-state index contributed by atoms with van der Waals surface area (Å²) in [5.41, 5.74) is 0.149. The van der Waals surface area contributed by atoms with Gasteiger partial charge in [-0.05, 0) is 25.3 Å². The van der Waals surface area contributed by atoms with Crippen LogP contribution in [0.4, 0.5) is 5.82 Å². The van der Waals surface area contributed by atoms with Crippen molar-refractivity contribution in [2.24, 2.45) is 5.92 Å². The minimum atomic E-state index is -4.04. The summed E-state index contributed by atoms with van der Waals surface area (Å²) in [4.78, 5) is 50.1. The molecule has 0 aromatic carbocycles. The fourth-order valence-electron chi connectivity index (χ4n) is 4.62. The van der Waals surface area contributed by atoms with Crippen molar-refractivity contribution in [3.8, 4) is 0 Å². The molecule has 1 spiro atoms. The topological polar surface area (TPSA) is 137 Å². The third-order valence-corrected chi connectivity index (χ3v) is 9.72. The number of Topliss-reactive ketones (excluding diaryl/α,β-unsaturated/α-hetero) is 1. The van der Waals surface area contributed by atoms with E-state index in [0.717, 1.165) is 32.9 Å². The first-order valence-electron chi connectivity index (χ1n) is 10.7. The summed E-state index contributed by atoms with van der Waals surface area (Å²) < 4.78 is 28.9. The van der Waals surface area contributed by atoms with Gasteiger partial charge in [0.25, 0.3) is 0 Å². The van der Waals surface area contributed by atoms with Crippen LogP contribution in [-0.4, -0.2) is 86.8 Å². The molecule has 3 fully saturated rings. The van der Waals surface area contributed by atoms with E-state index in [1.165, 1.54) is 17.7 Å². The molecule has 0 bridgehead atoms. The van der Waals surface area contributed by atoms with Gasteiger partial charge in [-0.25, -0.2) is 14.3 Å². The lowest BCUT2D eigenvalue weighted by Gasteiger charge is -2.42. The number of H-pyrrole nitrogens is 1. The van der Waals surface area contributed by atoms with Gasteiger partial charge in [0.2, 0.25) is 5.91 Å². The van der Waals surface area contributed by atoms with E-state index in [4.69, 9.17) is 0 Å². The van der Waals surface area contributed by atoms with Crippen LogP contribution in [0.25, 0.3) is 11.0 Å². The van der Waals surface area contributed by atoms with E-state index >= 15 is 0 Å². The van der Waals surface area contributed by atoms with Crippen LogP contribution in [0, 0.1) is 5.92 Å². The zero-order chi connectivity index (χ0) is 23.4. The molecule has 1 atom stereocenters. The molecule has 1 N–H and O–H groups in total. The lowest BCUT2D eigenvalue weighted by atomic mass is 10.0. The number of nitrogens with one attached hydrogen (secondary N) is 1. The van der Waals surface area contributed by atoms with Crippen LogP contribution in [0.1, 0.15) is 25.7 Å². The minimum absolute atomic E-state index is 0.0443. The number of carbonyl (C=O) groups excluding carboxylic acids is 3. The molecular formula is C20H24N6O5S2.